The molecule has 0 bridgehead atoms. The number of carboxylic acid groups (broad SMARTS) is 1. The molecular formula is C22H22F4N2O5. The molecule has 1 aromatic heterocycles. The minimum Gasteiger partial charge on any atom is -0.491 e. The van der Waals surface area contributed by atoms with Gasteiger partial charge < -0.3 is 19.5 Å². The number of rotatable bonds is 4. The van der Waals surface area contributed by atoms with E-state index in [1.807, 2.05) is 12.1 Å². The van der Waals surface area contributed by atoms with E-state index in [4.69, 9.17) is 19.4 Å². The fraction of sp³-hybridized carbons (Fsp3) is 0.409. The molecule has 1 N–H and O–H groups in total. The van der Waals surface area contributed by atoms with Crippen LogP contribution in [0, 0.1) is 11.2 Å². The number of pyridine rings is 1. The number of fused-ring (bicyclic) bond motifs is 1. The van der Waals surface area contributed by atoms with Crippen LogP contribution in [0.2, 0.25) is 0 Å². The molecule has 1 aromatic carbocycles. The molecule has 1 amide bonds. The Bertz CT molecular complexity index is 973. The predicted molar refractivity (Wildman–Crippen MR) is 107 cm³/mol. The molecule has 0 spiro atoms. The first-order valence-corrected chi connectivity index (χ1v) is 10.1. The van der Waals surface area contributed by atoms with Crippen LogP contribution in [0.3, 0.4) is 0 Å². The molecule has 2 fully saturated rings. The van der Waals surface area contributed by atoms with Crippen LogP contribution < -0.4 is 4.74 Å². The highest BCUT2D eigenvalue weighted by molar-refractivity contribution is 5.94. The standard InChI is InChI=1S/C20H21FN2O3.C2HF3O2/c21-17-6-2-1-5-16(17)19(24)23-10-7-18-20(13-23,8-11-25-18)14-26-15-4-3-9-22-12-15;3-2(4,5)1(6)7/h1-6,9,12,18H,7-8,10-11,13-14H2;(H,6,7)/t18-,20+;/m1./s1. The summed E-state index contributed by atoms with van der Waals surface area (Å²) >= 11 is 0. The molecule has 0 unspecified atom stereocenters. The van der Waals surface area contributed by atoms with Crippen LogP contribution in [-0.4, -0.2) is 65.5 Å². The van der Waals surface area contributed by atoms with Crippen LogP contribution in [0.4, 0.5) is 17.6 Å². The smallest absolute Gasteiger partial charge is 0.490 e. The summed E-state index contributed by atoms with van der Waals surface area (Å²) in [4.78, 5) is 27.5. The number of aliphatic carboxylic acids is 1. The minimum atomic E-state index is -5.08. The van der Waals surface area contributed by atoms with Crippen molar-refractivity contribution in [1.29, 1.82) is 0 Å². The molecule has 4 rings (SSSR count). The van der Waals surface area contributed by atoms with E-state index in [0.717, 1.165) is 12.8 Å². The summed E-state index contributed by atoms with van der Waals surface area (Å²) in [5.74, 6) is -2.81. The number of benzene rings is 1. The van der Waals surface area contributed by atoms with Crippen LogP contribution in [-0.2, 0) is 9.53 Å². The van der Waals surface area contributed by atoms with E-state index in [1.54, 1.807) is 29.4 Å². The zero-order valence-electron chi connectivity index (χ0n) is 17.4. The van der Waals surface area contributed by atoms with Gasteiger partial charge in [-0.25, -0.2) is 9.18 Å². The van der Waals surface area contributed by atoms with E-state index in [0.29, 0.717) is 32.1 Å². The Morgan fingerprint density at radius 1 is 1.24 bits per heavy atom. The number of aromatic nitrogens is 1. The quantitative estimate of drug-likeness (QED) is 0.688. The molecule has 2 aliphatic heterocycles. The number of amides is 1. The molecule has 3 heterocycles. The lowest BCUT2D eigenvalue weighted by Gasteiger charge is -2.43. The van der Waals surface area contributed by atoms with Crippen molar-refractivity contribution >= 4 is 11.9 Å². The normalized spacial score (nSPS) is 22.1. The van der Waals surface area contributed by atoms with E-state index in [2.05, 4.69) is 4.98 Å². The lowest BCUT2D eigenvalue weighted by molar-refractivity contribution is -0.192. The second kappa shape index (κ2) is 10.2. The number of hydrogen-bond acceptors (Lipinski definition) is 5. The van der Waals surface area contributed by atoms with Gasteiger partial charge in [0.25, 0.3) is 5.91 Å². The van der Waals surface area contributed by atoms with Crippen molar-refractivity contribution in [3.05, 3.63) is 60.2 Å². The Hall–Kier alpha value is -3.21. The van der Waals surface area contributed by atoms with Crippen molar-refractivity contribution in [1.82, 2.24) is 9.88 Å². The van der Waals surface area contributed by atoms with Gasteiger partial charge in [-0.2, -0.15) is 13.2 Å². The van der Waals surface area contributed by atoms with Crippen molar-refractivity contribution in [2.75, 3.05) is 26.3 Å². The van der Waals surface area contributed by atoms with Gasteiger partial charge in [0.1, 0.15) is 11.6 Å². The Kier molecular flexibility index (Phi) is 7.52. The van der Waals surface area contributed by atoms with Crippen molar-refractivity contribution in [2.24, 2.45) is 5.41 Å². The van der Waals surface area contributed by atoms with Gasteiger partial charge in [0, 0.05) is 25.9 Å². The number of carboxylic acids is 1. The maximum atomic E-state index is 14.0. The number of hydrogen-bond donors (Lipinski definition) is 1. The number of alkyl halides is 3. The number of piperidine rings is 1. The highest BCUT2D eigenvalue weighted by Crippen LogP contribution is 2.41. The molecule has 2 atom stereocenters. The van der Waals surface area contributed by atoms with Crippen molar-refractivity contribution < 1.29 is 41.7 Å². The largest absolute Gasteiger partial charge is 0.491 e. The molecule has 11 heteroatoms. The minimum absolute atomic E-state index is 0.0591. The maximum absolute atomic E-state index is 14.0. The first kappa shape index (κ1) is 24.4. The summed E-state index contributed by atoms with van der Waals surface area (Å²) in [5.41, 5.74) is -0.150. The predicted octanol–water partition coefficient (Wildman–Crippen LogP) is 3.55. The molecule has 2 saturated heterocycles. The number of ether oxygens (including phenoxy) is 2. The summed E-state index contributed by atoms with van der Waals surface area (Å²) in [7, 11) is 0. The lowest BCUT2D eigenvalue weighted by atomic mass is 9.77. The summed E-state index contributed by atoms with van der Waals surface area (Å²) in [5, 5.41) is 7.12. The van der Waals surface area contributed by atoms with Gasteiger partial charge in [-0.05, 0) is 37.1 Å². The third-order valence-electron chi connectivity index (χ3n) is 5.56. The lowest BCUT2D eigenvalue weighted by Crippen LogP contribution is -2.54. The highest BCUT2D eigenvalue weighted by atomic mass is 19.4. The second-order valence-corrected chi connectivity index (χ2v) is 7.75. The summed E-state index contributed by atoms with van der Waals surface area (Å²) in [6, 6.07) is 9.81. The molecule has 0 aliphatic carbocycles. The topological polar surface area (TPSA) is 89.0 Å². The van der Waals surface area contributed by atoms with Gasteiger partial charge >= 0.3 is 12.1 Å². The van der Waals surface area contributed by atoms with E-state index in [9.17, 15) is 22.4 Å². The molecular weight excluding hydrogens is 448 g/mol. The zero-order chi connectivity index (χ0) is 24.1. The third kappa shape index (κ3) is 5.98. The number of carbonyl (C=O) groups excluding carboxylic acids is 1. The van der Waals surface area contributed by atoms with Crippen molar-refractivity contribution in [2.45, 2.75) is 25.1 Å². The van der Waals surface area contributed by atoms with Gasteiger partial charge in [-0.1, -0.05) is 12.1 Å². The molecule has 33 heavy (non-hydrogen) atoms. The number of carbonyl (C=O) groups is 2. The van der Waals surface area contributed by atoms with Gasteiger partial charge in [0.2, 0.25) is 0 Å². The summed E-state index contributed by atoms with van der Waals surface area (Å²) in [6.07, 6.45) is -0.103. The van der Waals surface area contributed by atoms with E-state index in [-0.39, 0.29) is 23.0 Å². The summed E-state index contributed by atoms with van der Waals surface area (Å²) < 4.78 is 57.6. The molecule has 7 nitrogen and oxygen atoms in total. The average Bonchev–Trinajstić information content (AvgIpc) is 3.21. The fourth-order valence-corrected chi connectivity index (χ4v) is 3.89. The van der Waals surface area contributed by atoms with Crippen molar-refractivity contribution in [3.63, 3.8) is 0 Å². The molecule has 2 aromatic rings. The van der Waals surface area contributed by atoms with E-state index < -0.39 is 18.0 Å². The molecule has 2 aliphatic rings. The first-order valence-electron chi connectivity index (χ1n) is 10.1. The fourth-order valence-electron chi connectivity index (χ4n) is 3.89. The SMILES string of the molecule is O=C(O)C(F)(F)F.O=C(c1ccccc1F)N1CC[C@H]2OCC[C@@]2(COc2cccnc2)C1. The number of nitrogens with zero attached hydrogens (tertiary/aromatic N) is 2. The second-order valence-electron chi connectivity index (χ2n) is 7.75. The Labute approximate surface area is 186 Å². The van der Waals surface area contributed by atoms with Crippen molar-refractivity contribution in [3.8, 4) is 5.75 Å². The average molecular weight is 470 g/mol. The Morgan fingerprint density at radius 3 is 2.61 bits per heavy atom. The van der Waals surface area contributed by atoms with Gasteiger partial charge in [-0.15, -0.1) is 0 Å². The van der Waals surface area contributed by atoms with Gasteiger partial charge in [0.15, 0.2) is 0 Å². The third-order valence-corrected chi connectivity index (χ3v) is 5.56. The van der Waals surface area contributed by atoms with Crippen LogP contribution in [0.25, 0.3) is 0 Å². The van der Waals surface area contributed by atoms with Crippen LogP contribution in [0.5, 0.6) is 5.75 Å². The van der Waals surface area contributed by atoms with Gasteiger partial charge in [-0.3, -0.25) is 9.78 Å². The molecule has 0 radical (unpaired) electrons. The Balaban J connectivity index is 0.000000383. The van der Waals surface area contributed by atoms with E-state index in [1.165, 1.54) is 12.1 Å². The van der Waals surface area contributed by atoms with Gasteiger partial charge in [0.05, 0.1) is 29.9 Å². The molecule has 0 saturated carbocycles. The van der Waals surface area contributed by atoms with E-state index >= 15 is 0 Å². The Morgan fingerprint density at radius 2 is 1.97 bits per heavy atom. The maximum Gasteiger partial charge on any atom is 0.490 e. The highest BCUT2D eigenvalue weighted by Gasteiger charge is 2.49. The first-order chi connectivity index (χ1) is 15.6. The summed E-state index contributed by atoms with van der Waals surface area (Å²) in [6.45, 7) is 2.17. The number of halogens is 4. The van der Waals surface area contributed by atoms with Crippen LogP contribution in [0.15, 0.2) is 48.8 Å². The van der Waals surface area contributed by atoms with Crippen LogP contribution in [0.1, 0.15) is 23.2 Å². The molecule has 178 valence electrons. The van der Waals surface area contributed by atoms with Crippen LogP contribution >= 0.6 is 0 Å². The zero-order valence-corrected chi connectivity index (χ0v) is 17.4. The number of likely N-dealkylation sites (tertiary alicyclic amines) is 1. The monoisotopic (exact) mass is 470 g/mol.